The van der Waals surface area contributed by atoms with Gasteiger partial charge in [0.1, 0.15) is 0 Å². The van der Waals surface area contributed by atoms with E-state index in [1.165, 1.54) is 19.3 Å². The molecule has 2 saturated heterocycles. The van der Waals surface area contributed by atoms with Gasteiger partial charge in [0.05, 0.1) is 0 Å². The molecular weight excluding hydrogens is 280 g/mol. The van der Waals surface area contributed by atoms with Gasteiger partial charge >= 0.3 is 0 Å². The van der Waals surface area contributed by atoms with Crippen molar-refractivity contribution < 1.29 is 4.79 Å². The Morgan fingerprint density at radius 3 is 2.41 bits per heavy atom. The lowest BCUT2D eigenvalue weighted by Gasteiger charge is -2.39. The Balaban J connectivity index is 1.82. The molecule has 2 fully saturated rings. The molecule has 0 N–H and O–H groups in total. The van der Waals surface area contributed by atoms with E-state index in [9.17, 15) is 4.79 Å². The van der Waals surface area contributed by atoms with E-state index in [4.69, 9.17) is 0 Å². The lowest BCUT2D eigenvalue weighted by Crippen LogP contribution is -2.47. The number of carbonyl (C=O) groups excluding carboxylic acids is 1. The molecule has 2 heterocycles. The molecule has 98 valence electrons. The molecule has 0 saturated carbocycles. The number of rotatable bonds is 3. The fraction of sp³-hybridized carbons (Fsp3) is 0.923. The van der Waals surface area contributed by atoms with Crippen LogP contribution < -0.4 is 0 Å². The fourth-order valence-electron chi connectivity index (χ4n) is 3.09. The zero-order chi connectivity index (χ0) is 12.4. The second-order valence-corrected chi connectivity index (χ2v) is 6.80. The van der Waals surface area contributed by atoms with Gasteiger partial charge < -0.3 is 4.90 Å². The molecule has 0 aromatic rings. The van der Waals surface area contributed by atoms with Crippen LogP contribution in [-0.2, 0) is 4.79 Å². The quantitative estimate of drug-likeness (QED) is 0.747. The Kier molecular flexibility index (Phi) is 4.47. The summed E-state index contributed by atoms with van der Waals surface area (Å²) in [5.41, 5.74) is 0. The van der Waals surface area contributed by atoms with E-state index in [2.05, 4.69) is 34.7 Å². The number of hydrogen-bond donors (Lipinski definition) is 0. The van der Waals surface area contributed by atoms with Crippen LogP contribution in [0.5, 0.6) is 0 Å². The zero-order valence-corrected chi connectivity index (χ0v) is 12.4. The van der Waals surface area contributed by atoms with E-state index in [-0.39, 0.29) is 0 Å². The molecule has 4 heteroatoms. The summed E-state index contributed by atoms with van der Waals surface area (Å²) in [7, 11) is 0. The van der Waals surface area contributed by atoms with Gasteiger partial charge in [0.15, 0.2) is 0 Å². The molecule has 0 aromatic heterocycles. The van der Waals surface area contributed by atoms with E-state index in [1.54, 1.807) is 0 Å². The first-order valence-electron chi connectivity index (χ1n) is 6.75. The lowest BCUT2D eigenvalue weighted by atomic mass is 9.98. The summed E-state index contributed by atoms with van der Waals surface area (Å²) in [6.45, 7) is 7.45. The molecule has 2 aliphatic rings. The van der Waals surface area contributed by atoms with Gasteiger partial charge in [-0.15, -0.1) is 0 Å². The molecule has 0 spiro atoms. The molecule has 1 amide bonds. The maximum atomic E-state index is 11.7. The van der Waals surface area contributed by atoms with Gasteiger partial charge in [-0.25, -0.2) is 0 Å². The molecule has 3 unspecified atom stereocenters. The van der Waals surface area contributed by atoms with Gasteiger partial charge in [-0.05, 0) is 26.7 Å². The number of hydrogen-bond acceptors (Lipinski definition) is 2. The number of carbonyl (C=O) groups is 1. The molecule has 0 radical (unpaired) electrons. The Morgan fingerprint density at radius 1 is 1.24 bits per heavy atom. The van der Waals surface area contributed by atoms with E-state index in [0.29, 0.717) is 29.2 Å². The highest BCUT2D eigenvalue weighted by Gasteiger charge is 2.29. The van der Waals surface area contributed by atoms with Gasteiger partial charge in [-0.1, -0.05) is 22.4 Å². The van der Waals surface area contributed by atoms with Crippen LogP contribution in [0.2, 0.25) is 0 Å². The van der Waals surface area contributed by atoms with E-state index >= 15 is 0 Å². The molecule has 17 heavy (non-hydrogen) atoms. The molecule has 2 aliphatic heterocycles. The predicted octanol–water partition coefficient (Wildman–Crippen LogP) is 2.25. The fourth-order valence-corrected chi connectivity index (χ4v) is 3.72. The molecule has 3 nitrogen and oxygen atoms in total. The van der Waals surface area contributed by atoms with Crippen molar-refractivity contribution in [1.29, 1.82) is 0 Å². The van der Waals surface area contributed by atoms with E-state index < -0.39 is 0 Å². The minimum absolute atomic E-state index is 0.309. The third kappa shape index (κ3) is 3.22. The summed E-state index contributed by atoms with van der Waals surface area (Å²) < 4.78 is 0. The first kappa shape index (κ1) is 13.3. The van der Waals surface area contributed by atoms with Crippen LogP contribution in [0.25, 0.3) is 0 Å². The smallest absolute Gasteiger partial charge is 0.223 e. The summed E-state index contributed by atoms with van der Waals surface area (Å²) in [5, 5.41) is 0. The highest BCUT2D eigenvalue weighted by atomic mass is 79.9. The Morgan fingerprint density at radius 2 is 1.88 bits per heavy atom. The SMILES string of the molecule is CC1CCCC(C)N1CCN1CC(Br)CC1=O. The van der Waals surface area contributed by atoms with Crippen molar-refractivity contribution in [2.24, 2.45) is 0 Å². The molecule has 3 atom stereocenters. The van der Waals surface area contributed by atoms with Gasteiger partial charge in [0.25, 0.3) is 0 Å². The second-order valence-electron chi connectivity index (χ2n) is 5.51. The molecule has 0 bridgehead atoms. The average molecular weight is 303 g/mol. The average Bonchev–Trinajstić information content (AvgIpc) is 2.57. The Hall–Kier alpha value is -0.0900. The summed E-state index contributed by atoms with van der Waals surface area (Å²) in [6, 6.07) is 1.35. The van der Waals surface area contributed by atoms with Crippen LogP contribution in [-0.4, -0.2) is 52.3 Å². The summed E-state index contributed by atoms with van der Waals surface area (Å²) in [6.07, 6.45) is 4.63. The topological polar surface area (TPSA) is 23.6 Å². The number of amides is 1. The highest BCUT2D eigenvalue weighted by molar-refractivity contribution is 9.09. The van der Waals surface area contributed by atoms with Crippen LogP contribution in [0.3, 0.4) is 0 Å². The zero-order valence-electron chi connectivity index (χ0n) is 10.9. The van der Waals surface area contributed by atoms with Crippen molar-refractivity contribution in [3.63, 3.8) is 0 Å². The molecule has 0 aliphatic carbocycles. The lowest BCUT2D eigenvalue weighted by molar-refractivity contribution is -0.128. The number of alkyl halides is 1. The third-order valence-electron chi connectivity index (χ3n) is 4.17. The Labute approximate surface area is 113 Å². The van der Waals surface area contributed by atoms with Gasteiger partial charge in [0, 0.05) is 43.0 Å². The van der Waals surface area contributed by atoms with Crippen molar-refractivity contribution in [3.05, 3.63) is 0 Å². The van der Waals surface area contributed by atoms with Crippen LogP contribution in [0.15, 0.2) is 0 Å². The van der Waals surface area contributed by atoms with Crippen LogP contribution in [0, 0.1) is 0 Å². The number of piperidine rings is 1. The summed E-state index contributed by atoms with van der Waals surface area (Å²) >= 11 is 3.53. The molecular formula is C13H23BrN2O. The maximum Gasteiger partial charge on any atom is 0.223 e. The van der Waals surface area contributed by atoms with Crippen LogP contribution in [0.4, 0.5) is 0 Å². The first-order valence-corrected chi connectivity index (χ1v) is 7.67. The van der Waals surface area contributed by atoms with Crippen molar-refractivity contribution in [2.75, 3.05) is 19.6 Å². The molecule has 2 rings (SSSR count). The minimum Gasteiger partial charge on any atom is -0.340 e. The van der Waals surface area contributed by atoms with Crippen molar-refractivity contribution in [3.8, 4) is 0 Å². The van der Waals surface area contributed by atoms with Gasteiger partial charge in [-0.2, -0.15) is 0 Å². The Bertz CT molecular complexity index is 275. The summed E-state index contributed by atoms with van der Waals surface area (Å²) in [5.74, 6) is 0.309. The number of nitrogens with zero attached hydrogens (tertiary/aromatic N) is 2. The van der Waals surface area contributed by atoms with E-state index in [0.717, 1.165) is 19.6 Å². The minimum atomic E-state index is 0.309. The maximum absolute atomic E-state index is 11.7. The number of likely N-dealkylation sites (tertiary alicyclic amines) is 2. The standard InChI is InChI=1S/C13H23BrN2O/c1-10-4-3-5-11(2)16(10)7-6-15-9-12(14)8-13(15)17/h10-12H,3-9H2,1-2H3. The largest absolute Gasteiger partial charge is 0.340 e. The van der Waals surface area contributed by atoms with Crippen molar-refractivity contribution >= 4 is 21.8 Å². The monoisotopic (exact) mass is 302 g/mol. The predicted molar refractivity (Wildman–Crippen MR) is 73.4 cm³/mol. The highest BCUT2D eigenvalue weighted by Crippen LogP contribution is 2.23. The van der Waals surface area contributed by atoms with E-state index in [1.807, 2.05) is 4.90 Å². The second kappa shape index (κ2) is 5.70. The van der Waals surface area contributed by atoms with Crippen molar-refractivity contribution in [2.45, 2.75) is 56.4 Å². The van der Waals surface area contributed by atoms with Crippen LogP contribution in [0.1, 0.15) is 39.5 Å². The normalized spacial score (nSPS) is 35.6. The van der Waals surface area contributed by atoms with Gasteiger partial charge in [-0.3, -0.25) is 9.69 Å². The van der Waals surface area contributed by atoms with Gasteiger partial charge in [0.2, 0.25) is 5.91 Å². The van der Waals surface area contributed by atoms with Crippen molar-refractivity contribution in [1.82, 2.24) is 9.80 Å². The molecule has 0 aromatic carbocycles. The third-order valence-corrected chi connectivity index (χ3v) is 4.78. The van der Waals surface area contributed by atoms with Crippen LogP contribution >= 0.6 is 15.9 Å². The number of halogens is 1. The first-order chi connectivity index (χ1) is 8.08. The summed E-state index contributed by atoms with van der Waals surface area (Å²) in [4.78, 5) is 16.6.